The van der Waals surface area contributed by atoms with Gasteiger partial charge in [0.2, 0.25) is 5.91 Å². The fraction of sp³-hybridized carbons (Fsp3) is 0.120. The molecule has 172 valence electrons. The van der Waals surface area contributed by atoms with Gasteiger partial charge in [-0.1, -0.05) is 42.1 Å². The van der Waals surface area contributed by atoms with E-state index in [0.29, 0.717) is 23.1 Å². The lowest BCUT2D eigenvalue weighted by atomic mass is 10.1. The third-order valence-corrected chi connectivity index (χ3v) is 5.84. The Kier molecular flexibility index (Phi) is 7.12. The van der Waals surface area contributed by atoms with Gasteiger partial charge in [0.05, 0.1) is 11.3 Å². The molecule has 1 amide bonds. The van der Waals surface area contributed by atoms with Crippen LogP contribution in [-0.2, 0) is 11.2 Å². The maximum absolute atomic E-state index is 14.5. The van der Waals surface area contributed by atoms with Gasteiger partial charge < -0.3 is 5.32 Å². The summed E-state index contributed by atoms with van der Waals surface area (Å²) >= 11 is 1.11. The van der Waals surface area contributed by atoms with Gasteiger partial charge in [-0.15, -0.1) is 10.2 Å². The summed E-state index contributed by atoms with van der Waals surface area (Å²) in [7, 11) is 0. The average Bonchev–Trinajstić information content (AvgIpc) is 3.20. The molecule has 0 bridgehead atoms. The molecule has 6 nitrogen and oxygen atoms in total. The summed E-state index contributed by atoms with van der Waals surface area (Å²) in [6.07, 6.45) is 0.485. The summed E-state index contributed by atoms with van der Waals surface area (Å²) in [6, 6.07) is 19.5. The Bertz CT molecular complexity index is 1320. The van der Waals surface area contributed by atoms with Crippen molar-refractivity contribution in [2.75, 3.05) is 11.1 Å². The van der Waals surface area contributed by atoms with E-state index in [-0.39, 0.29) is 28.7 Å². The van der Waals surface area contributed by atoms with Crippen LogP contribution in [0.15, 0.2) is 78.0 Å². The van der Waals surface area contributed by atoms with Crippen LogP contribution in [0.4, 0.5) is 14.5 Å². The van der Waals surface area contributed by atoms with Gasteiger partial charge in [0.25, 0.3) is 0 Å². The molecular formula is C25H20F2N4O2S. The first-order valence-corrected chi connectivity index (χ1v) is 11.4. The molecule has 0 saturated carbocycles. The van der Waals surface area contributed by atoms with E-state index in [1.807, 2.05) is 30.3 Å². The molecule has 0 radical (unpaired) electrons. The number of aromatic nitrogens is 3. The van der Waals surface area contributed by atoms with Crippen molar-refractivity contribution in [3.8, 4) is 5.69 Å². The third-order valence-electron chi connectivity index (χ3n) is 4.91. The van der Waals surface area contributed by atoms with Gasteiger partial charge in [-0.05, 0) is 48.0 Å². The average molecular weight is 479 g/mol. The van der Waals surface area contributed by atoms with Crippen LogP contribution in [0.1, 0.15) is 28.7 Å². The minimum atomic E-state index is -0.721. The molecule has 0 aliphatic heterocycles. The molecule has 0 aliphatic rings. The SMILES string of the molecule is CC(=O)Nc1ccc(C(=O)CSc2nnc(Cc3ccccc3)n2-c2ccc(F)cc2)c(F)c1. The van der Waals surface area contributed by atoms with Crippen molar-refractivity contribution in [3.05, 3.63) is 101 Å². The first kappa shape index (κ1) is 23.3. The number of benzene rings is 3. The number of anilines is 1. The predicted octanol–water partition coefficient (Wildman–Crippen LogP) is 5.07. The van der Waals surface area contributed by atoms with Crippen molar-refractivity contribution < 1.29 is 18.4 Å². The molecule has 9 heteroatoms. The van der Waals surface area contributed by atoms with E-state index in [0.717, 1.165) is 23.4 Å². The summed E-state index contributed by atoms with van der Waals surface area (Å²) < 4.78 is 29.7. The summed E-state index contributed by atoms with van der Waals surface area (Å²) in [5.41, 5.74) is 1.86. The van der Waals surface area contributed by atoms with Crippen molar-refractivity contribution in [1.29, 1.82) is 0 Å². The quantitative estimate of drug-likeness (QED) is 0.283. The molecule has 0 unspecified atom stereocenters. The number of hydrogen-bond acceptors (Lipinski definition) is 5. The van der Waals surface area contributed by atoms with Crippen LogP contribution >= 0.6 is 11.8 Å². The summed E-state index contributed by atoms with van der Waals surface area (Å²) in [4.78, 5) is 23.9. The maximum atomic E-state index is 14.5. The standard InChI is InChI=1S/C25H20F2N4O2S/c1-16(32)28-19-9-12-21(22(27)14-19)23(33)15-34-25-30-29-24(13-17-5-3-2-4-6-17)31(25)20-10-7-18(26)8-11-20/h2-12,14H,13,15H2,1H3,(H,28,32). The zero-order valence-corrected chi connectivity index (χ0v) is 19.0. The normalized spacial score (nSPS) is 10.8. The Morgan fingerprint density at radius 2 is 1.71 bits per heavy atom. The molecule has 0 aliphatic carbocycles. The van der Waals surface area contributed by atoms with Crippen LogP contribution in [0.25, 0.3) is 5.69 Å². The summed E-state index contributed by atoms with van der Waals surface area (Å²) in [6.45, 7) is 1.32. The zero-order valence-electron chi connectivity index (χ0n) is 18.2. The number of amides is 1. The highest BCUT2D eigenvalue weighted by molar-refractivity contribution is 7.99. The largest absolute Gasteiger partial charge is 0.326 e. The number of nitrogens with one attached hydrogen (secondary N) is 1. The highest BCUT2D eigenvalue weighted by Gasteiger charge is 2.19. The van der Waals surface area contributed by atoms with Crippen LogP contribution in [0.2, 0.25) is 0 Å². The van der Waals surface area contributed by atoms with Gasteiger partial charge in [-0.2, -0.15) is 0 Å². The molecule has 1 heterocycles. The van der Waals surface area contributed by atoms with Crippen LogP contribution < -0.4 is 5.32 Å². The molecule has 0 saturated heterocycles. The van der Waals surface area contributed by atoms with Crippen molar-refractivity contribution in [2.45, 2.75) is 18.5 Å². The zero-order chi connectivity index (χ0) is 24.1. The Morgan fingerprint density at radius 1 is 0.971 bits per heavy atom. The number of carbonyl (C=O) groups excluding carboxylic acids is 2. The highest BCUT2D eigenvalue weighted by Crippen LogP contribution is 2.25. The number of nitrogens with zero attached hydrogens (tertiary/aromatic N) is 3. The Hall–Kier alpha value is -3.85. The number of Topliss-reactive ketones (excluding diaryl/α,β-unsaturated/α-hetero) is 1. The Balaban J connectivity index is 1.57. The van der Waals surface area contributed by atoms with Crippen LogP contribution in [0.5, 0.6) is 0 Å². The van der Waals surface area contributed by atoms with E-state index in [9.17, 15) is 18.4 Å². The monoisotopic (exact) mass is 478 g/mol. The number of ketones is 1. The van der Waals surface area contributed by atoms with Crippen molar-refractivity contribution in [3.63, 3.8) is 0 Å². The van der Waals surface area contributed by atoms with E-state index in [1.165, 1.54) is 31.2 Å². The number of rotatable bonds is 8. The molecule has 1 aromatic heterocycles. The third kappa shape index (κ3) is 5.55. The molecule has 4 aromatic rings. The fourth-order valence-corrected chi connectivity index (χ4v) is 4.22. The van der Waals surface area contributed by atoms with E-state index in [2.05, 4.69) is 15.5 Å². The molecule has 1 N–H and O–H groups in total. The fourth-order valence-electron chi connectivity index (χ4n) is 3.37. The first-order chi connectivity index (χ1) is 16.4. The first-order valence-electron chi connectivity index (χ1n) is 10.4. The lowest BCUT2D eigenvalue weighted by Crippen LogP contribution is -2.10. The maximum Gasteiger partial charge on any atom is 0.221 e. The summed E-state index contributed by atoms with van der Waals surface area (Å²) in [5.74, 6) is -1.32. The highest BCUT2D eigenvalue weighted by atomic mass is 32.2. The van der Waals surface area contributed by atoms with Gasteiger partial charge >= 0.3 is 0 Å². The van der Waals surface area contributed by atoms with E-state index >= 15 is 0 Å². The van der Waals surface area contributed by atoms with Gasteiger partial charge in [-0.3, -0.25) is 14.2 Å². The molecule has 3 aromatic carbocycles. The van der Waals surface area contributed by atoms with Gasteiger partial charge in [0.1, 0.15) is 17.5 Å². The Morgan fingerprint density at radius 3 is 2.38 bits per heavy atom. The molecule has 4 rings (SSSR count). The number of halogens is 2. The molecule has 0 spiro atoms. The smallest absolute Gasteiger partial charge is 0.221 e. The Labute approximate surface area is 199 Å². The molecule has 34 heavy (non-hydrogen) atoms. The van der Waals surface area contributed by atoms with E-state index in [4.69, 9.17) is 0 Å². The van der Waals surface area contributed by atoms with Crippen LogP contribution in [0, 0.1) is 11.6 Å². The summed E-state index contributed by atoms with van der Waals surface area (Å²) in [5, 5.41) is 11.4. The van der Waals surface area contributed by atoms with E-state index in [1.54, 1.807) is 16.7 Å². The second-order valence-corrected chi connectivity index (χ2v) is 8.40. The van der Waals surface area contributed by atoms with Crippen LogP contribution in [0.3, 0.4) is 0 Å². The van der Waals surface area contributed by atoms with Gasteiger partial charge in [-0.25, -0.2) is 8.78 Å². The van der Waals surface area contributed by atoms with E-state index < -0.39 is 11.6 Å². The number of hydrogen-bond donors (Lipinski definition) is 1. The molecule has 0 atom stereocenters. The van der Waals surface area contributed by atoms with Gasteiger partial charge in [0, 0.05) is 24.7 Å². The second-order valence-electron chi connectivity index (χ2n) is 7.46. The predicted molar refractivity (Wildman–Crippen MR) is 126 cm³/mol. The van der Waals surface area contributed by atoms with Crippen molar-refractivity contribution >= 4 is 29.1 Å². The van der Waals surface area contributed by atoms with Crippen molar-refractivity contribution in [2.24, 2.45) is 0 Å². The van der Waals surface area contributed by atoms with Crippen LogP contribution in [-0.4, -0.2) is 32.2 Å². The van der Waals surface area contributed by atoms with Crippen molar-refractivity contribution in [1.82, 2.24) is 14.8 Å². The van der Waals surface area contributed by atoms with Gasteiger partial charge in [0.15, 0.2) is 10.9 Å². The molecule has 0 fully saturated rings. The minimum Gasteiger partial charge on any atom is -0.326 e. The topological polar surface area (TPSA) is 76.9 Å². The molecular weight excluding hydrogens is 458 g/mol. The lowest BCUT2D eigenvalue weighted by Gasteiger charge is -2.11. The number of thioether (sulfide) groups is 1. The lowest BCUT2D eigenvalue weighted by molar-refractivity contribution is -0.114. The second kappa shape index (κ2) is 10.4. The number of carbonyl (C=O) groups is 2. The minimum absolute atomic E-state index is 0.0823.